The summed E-state index contributed by atoms with van der Waals surface area (Å²) in [5.41, 5.74) is 1.20. The van der Waals surface area contributed by atoms with Gasteiger partial charge in [0.2, 0.25) is 0 Å². The fraction of sp³-hybridized carbons (Fsp3) is 0.333. The molecule has 0 radical (unpaired) electrons. The molecule has 2 aromatic carbocycles. The predicted octanol–water partition coefficient (Wildman–Crippen LogP) is 2.11. The molecule has 0 atom stereocenters. The zero-order valence-electron chi connectivity index (χ0n) is 10.5. The highest BCUT2D eigenvalue weighted by Gasteiger charge is 2.08. The molecular weight excluding hydrogens is 222 g/mol. The summed E-state index contributed by atoms with van der Waals surface area (Å²) in [6.45, 7) is 5.37. The van der Waals surface area contributed by atoms with Gasteiger partial charge in [-0.2, -0.15) is 0 Å². The Labute approximate surface area is 108 Å². The first-order valence-electron chi connectivity index (χ1n) is 6.57. The minimum absolute atomic E-state index is 0.931. The van der Waals surface area contributed by atoms with Gasteiger partial charge in [0.25, 0.3) is 0 Å². The van der Waals surface area contributed by atoms with E-state index in [4.69, 9.17) is 0 Å². The second kappa shape index (κ2) is 5.38. The molecule has 3 rings (SSSR count). The summed E-state index contributed by atoms with van der Waals surface area (Å²) in [5.74, 6) is 0. The number of hydrogen-bond acceptors (Lipinski definition) is 3. The molecule has 0 amide bonds. The van der Waals surface area contributed by atoms with E-state index in [9.17, 15) is 0 Å². The number of piperazine rings is 1. The van der Waals surface area contributed by atoms with Gasteiger partial charge in [-0.3, -0.25) is 4.90 Å². The van der Waals surface area contributed by atoms with Crippen LogP contribution >= 0.6 is 0 Å². The number of fused-ring (bicyclic) bond motifs is 1. The summed E-state index contributed by atoms with van der Waals surface area (Å²) in [4.78, 5) is 2.44. The Balaban J connectivity index is 1.66. The molecule has 0 unspecified atom stereocenters. The van der Waals surface area contributed by atoms with E-state index in [1.807, 2.05) is 0 Å². The van der Waals surface area contributed by atoms with Crippen LogP contribution in [0.1, 0.15) is 0 Å². The highest BCUT2D eigenvalue weighted by molar-refractivity contribution is 5.85. The van der Waals surface area contributed by atoms with E-state index in [0.717, 1.165) is 32.8 Å². The number of anilines is 1. The molecule has 0 bridgehead atoms. The second-order valence-corrected chi connectivity index (χ2v) is 4.76. The maximum absolute atomic E-state index is 3.50. The van der Waals surface area contributed by atoms with Crippen LogP contribution in [0.4, 0.5) is 5.69 Å². The standard InChI is InChI=1S/C15H19N3/c1-2-4-14-11-15(6-5-13(14)3-1)17-12-18-9-7-16-8-10-18/h1-6,11,16-17H,7-10,12H2. The summed E-state index contributed by atoms with van der Waals surface area (Å²) < 4.78 is 0. The smallest absolute Gasteiger partial charge is 0.0679 e. The zero-order valence-corrected chi connectivity index (χ0v) is 10.5. The minimum Gasteiger partial charge on any atom is -0.372 e. The van der Waals surface area contributed by atoms with Gasteiger partial charge in [0.15, 0.2) is 0 Å². The van der Waals surface area contributed by atoms with E-state index in [0.29, 0.717) is 0 Å². The summed E-state index contributed by atoms with van der Waals surface area (Å²) in [6, 6.07) is 15.0. The van der Waals surface area contributed by atoms with Crippen molar-refractivity contribution in [1.29, 1.82) is 0 Å². The molecule has 1 fully saturated rings. The van der Waals surface area contributed by atoms with Crippen molar-refractivity contribution in [2.24, 2.45) is 0 Å². The van der Waals surface area contributed by atoms with Crippen molar-refractivity contribution in [3.8, 4) is 0 Å². The van der Waals surface area contributed by atoms with E-state index in [2.05, 4.69) is 58.0 Å². The van der Waals surface area contributed by atoms with Crippen LogP contribution in [-0.2, 0) is 0 Å². The SMILES string of the molecule is c1ccc2cc(NCN3CCNCC3)ccc2c1. The molecule has 94 valence electrons. The summed E-state index contributed by atoms with van der Waals surface area (Å²) >= 11 is 0. The Hall–Kier alpha value is -1.58. The van der Waals surface area contributed by atoms with E-state index < -0.39 is 0 Å². The van der Waals surface area contributed by atoms with E-state index in [1.165, 1.54) is 16.5 Å². The van der Waals surface area contributed by atoms with E-state index >= 15 is 0 Å². The van der Waals surface area contributed by atoms with Crippen molar-refractivity contribution in [2.75, 3.05) is 38.2 Å². The molecule has 1 heterocycles. The third-order valence-corrected chi connectivity index (χ3v) is 3.47. The van der Waals surface area contributed by atoms with Crippen molar-refractivity contribution >= 4 is 16.5 Å². The second-order valence-electron chi connectivity index (χ2n) is 4.76. The largest absolute Gasteiger partial charge is 0.372 e. The van der Waals surface area contributed by atoms with Gasteiger partial charge in [-0.15, -0.1) is 0 Å². The third kappa shape index (κ3) is 2.63. The van der Waals surface area contributed by atoms with Crippen LogP contribution in [-0.4, -0.2) is 37.7 Å². The number of rotatable bonds is 3. The van der Waals surface area contributed by atoms with Gasteiger partial charge in [0.05, 0.1) is 6.67 Å². The number of nitrogens with zero attached hydrogens (tertiary/aromatic N) is 1. The molecule has 1 saturated heterocycles. The van der Waals surface area contributed by atoms with E-state index in [-0.39, 0.29) is 0 Å². The Morgan fingerprint density at radius 3 is 2.61 bits per heavy atom. The fourth-order valence-electron chi connectivity index (χ4n) is 2.37. The molecule has 0 aromatic heterocycles. The highest BCUT2D eigenvalue weighted by atomic mass is 15.3. The number of hydrogen-bond donors (Lipinski definition) is 2. The van der Waals surface area contributed by atoms with Crippen LogP contribution < -0.4 is 10.6 Å². The molecule has 3 heteroatoms. The molecule has 1 aliphatic rings. The summed E-state index contributed by atoms with van der Waals surface area (Å²) in [7, 11) is 0. The lowest BCUT2D eigenvalue weighted by Gasteiger charge is -2.27. The van der Waals surface area contributed by atoms with Gasteiger partial charge in [-0.1, -0.05) is 30.3 Å². The van der Waals surface area contributed by atoms with Gasteiger partial charge in [0.1, 0.15) is 0 Å². The predicted molar refractivity (Wildman–Crippen MR) is 76.9 cm³/mol. The number of nitrogens with one attached hydrogen (secondary N) is 2. The first-order valence-corrected chi connectivity index (χ1v) is 6.57. The molecular formula is C15H19N3. The van der Waals surface area contributed by atoms with Gasteiger partial charge < -0.3 is 10.6 Å². The van der Waals surface area contributed by atoms with Crippen molar-refractivity contribution in [2.45, 2.75) is 0 Å². The van der Waals surface area contributed by atoms with Crippen molar-refractivity contribution < 1.29 is 0 Å². The Kier molecular flexibility index (Phi) is 3.44. The van der Waals surface area contributed by atoms with Gasteiger partial charge in [-0.25, -0.2) is 0 Å². The Morgan fingerprint density at radius 1 is 1.00 bits per heavy atom. The molecule has 0 spiro atoms. The topological polar surface area (TPSA) is 27.3 Å². The molecule has 18 heavy (non-hydrogen) atoms. The third-order valence-electron chi connectivity index (χ3n) is 3.47. The highest BCUT2D eigenvalue weighted by Crippen LogP contribution is 2.18. The van der Waals surface area contributed by atoms with Crippen LogP contribution in [0.2, 0.25) is 0 Å². The van der Waals surface area contributed by atoms with Crippen LogP contribution in [0.5, 0.6) is 0 Å². The van der Waals surface area contributed by atoms with E-state index in [1.54, 1.807) is 0 Å². The lowest BCUT2D eigenvalue weighted by atomic mass is 10.1. The van der Waals surface area contributed by atoms with Crippen LogP contribution in [0.3, 0.4) is 0 Å². The summed E-state index contributed by atoms with van der Waals surface area (Å²) in [6.07, 6.45) is 0. The normalized spacial score (nSPS) is 16.9. The first kappa shape index (κ1) is 11.5. The van der Waals surface area contributed by atoms with Crippen LogP contribution in [0.15, 0.2) is 42.5 Å². The minimum atomic E-state index is 0.931. The lowest BCUT2D eigenvalue weighted by Crippen LogP contribution is -2.45. The van der Waals surface area contributed by atoms with Crippen LogP contribution in [0.25, 0.3) is 10.8 Å². The molecule has 2 aromatic rings. The molecule has 0 aliphatic carbocycles. The van der Waals surface area contributed by atoms with Gasteiger partial charge in [0, 0.05) is 31.9 Å². The van der Waals surface area contributed by atoms with Gasteiger partial charge >= 0.3 is 0 Å². The first-order chi connectivity index (χ1) is 8.92. The average molecular weight is 241 g/mol. The van der Waals surface area contributed by atoms with Crippen molar-refractivity contribution in [1.82, 2.24) is 10.2 Å². The maximum Gasteiger partial charge on any atom is 0.0679 e. The molecule has 1 aliphatic heterocycles. The fourth-order valence-corrected chi connectivity index (χ4v) is 2.37. The van der Waals surface area contributed by atoms with Crippen LogP contribution in [0, 0.1) is 0 Å². The monoisotopic (exact) mass is 241 g/mol. The maximum atomic E-state index is 3.50. The average Bonchev–Trinajstić information content (AvgIpc) is 2.46. The lowest BCUT2D eigenvalue weighted by molar-refractivity contribution is 0.256. The zero-order chi connectivity index (χ0) is 12.2. The van der Waals surface area contributed by atoms with Crippen molar-refractivity contribution in [3.05, 3.63) is 42.5 Å². The quantitative estimate of drug-likeness (QED) is 0.862. The Bertz CT molecular complexity index is 518. The Morgan fingerprint density at radius 2 is 1.78 bits per heavy atom. The molecule has 2 N–H and O–H groups in total. The van der Waals surface area contributed by atoms with Crippen molar-refractivity contribution in [3.63, 3.8) is 0 Å². The summed E-state index contributed by atoms with van der Waals surface area (Å²) in [5, 5.41) is 9.46. The molecule has 0 saturated carbocycles. The number of benzene rings is 2. The molecule has 3 nitrogen and oxygen atoms in total. The van der Waals surface area contributed by atoms with Gasteiger partial charge in [-0.05, 0) is 22.9 Å².